The second kappa shape index (κ2) is 8.10. The Labute approximate surface area is 199 Å². The molecule has 0 radical (unpaired) electrons. The molecule has 2 aliphatic rings. The van der Waals surface area contributed by atoms with Gasteiger partial charge in [-0.05, 0) is 28.1 Å². The fourth-order valence-corrected chi connectivity index (χ4v) is 4.87. The van der Waals surface area contributed by atoms with Gasteiger partial charge >= 0.3 is 13.1 Å². The standard InChI is InChI=1S/C29H24BFN3/c1-20(2)26-18-24(21-12-6-3-7-13-21)28-32-29-25(22-14-8-4-9-15-22)19-27(23-16-10-5-11-17-23)34(29)30(31)33(26)28/h3-20H,1-2H3/q+1. The number of fused-ring (bicyclic) bond motifs is 2. The number of allylic oxidation sites excluding steroid dienone is 1. The molecule has 0 unspecified atom stereocenters. The molecule has 6 rings (SSSR count). The molecule has 5 heteroatoms. The molecule has 1 aromatic heterocycles. The van der Waals surface area contributed by atoms with E-state index in [1.54, 1.807) is 8.96 Å². The van der Waals surface area contributed by atoms with E-state index in [2.05, 4.69) is 50.3 Å². The van der Waals surface area contributed by atoms with Crippen LogP contribution in [0.25, 0.3) is 16.7 Å². The second-order valence-electron chi connectivity index (χ2n) is 8.99. The molecule has 0 saturated heterocycles. The number of amidine groups is 1. The zero-order valence-corrected chi connectivity index (χ0v) is 19.2. The van der Waals surface area contributed by atoms with Crippen LogP contribution in [0.15, 0.2) is 108 Å². The number of aliphatic imine (C=N–C) groups is 1. The summed E-state index contributed by atoms with van der Waals surface area (Å²) in [4.78, 5) is 5.15. The molecule has 34 heavy (non-hydrogen) atoms. The lowest BCUT2D eigenvalue weighted by Crippen LogP contribution is -2.43. The molecule has 0 saturated carbocycles. The summed E-state index contributed by atoms with van der Waals surface area (Å²) in [5.41, 5.74) is 6.67. The number of halogens is 1. The molecule has 0 bridgehead atoms. The molecule has 3 aromatic carbocycles. The van der Waals surface area contributed by atoms with E-state index in [4.69, 9.17) is 4.99 Å². The van der Waals surface area contributed by atoms with E-state index in [0.717, 1.165) is 39.2 Å². The Hall–Kier alpha value is -3.99. The lowest BCUT2D eigenvalue weighted by molar-refractivity contribution is -0.260. The number of rotatable bonds is 4. The smallest absolute Gasteiger partial charge is 0.278 e. The molecule has 0 aliphatic carbocycles. The van der Waals surface area contributed by atoms with Gasteiger partial charge in [-0.1, -0.05) is 105 Å². The van der Waals surface area contributed by atoms with E-state index in [0.29, 0.717) is 11.7 Å². The number of aromatic nitrogens is 1. The van der Waals surface area contributed by atoms with Gasteiger partial charge in [0, 0.05) is 17.3 Å². The van der Waals surface area contributed by atoms with Gasteiger partial charge in [-0.3, -0.25) is 8.79 Å². The lowest BCUT2D eigenvalue weighted by Gasteiger charge is -2.18. The molecule has 3 heterocycles. The maximum Gasteiger partial charge on any atom is 0.727 e. The maximum absolute atomic E-state index is 16.7. The minimum atomic E-state index is -1.40. The highest BCUT2D eigenvalue weighted by atomic mass is 19.1. The van der Waals surface area contributed by atoms with Gasteiger partial charge in [-0.15, -0.1) is 0 Å². The summed E-state index contributed by atoms with van der Waals surface area (Å²) in [6.45, 7) is 4.20. The molecule has 4 aromatic rings. The monoisotopic (exact) mass is 444 g/mol. The van der Waals surface area contributed by atoms with E-state index in [9.17, 15) is 0 Å². The van der Waals surface area contributed by atoms with Crippen molar-refractivity contribution in [2.75, 3.05) is 0 Å². The lowest BCUT2D eigenvalue weighted by atomic mass is 9.96. The topological polar surface area (TPSA) is 20.3 Å². The molecule has 0 spiro atoms. The van der Waals surface area contributed by atoms with Crippen LogP contribution in [0, 0.1) is 0 Å². The number of hydrogen-bond donors (Lipinski definition) is 0. The largest absolute Gasteiger partial charge is 0.727 e. The van der Waals surface area contributed by atoms with E-state index >= 15 is 4.32 Å². The highest BCUT2D eigenvalue weighted by Crippen LogP contribution is 2.41. The average molecular weight is 444 g/mol. The van der Waals surface area contributed by atoms with E-state index in [1.165, 1.54) is 0 Å². The van der Waals surface area contributed by atoms with Crippen molar-refractivity contribution in [1.82, 2.24) is 4.48 Å². The van der Waals surface area contributed by atoms with Gasteiger partial charge in [0.2, 0.25) is 5.82 Å². The molecule has 3 nitrogen and oxygen atoms in total. The predicted octanol–water partition coefficient (Wildman–Crippen LogP) is 6.72. The Bertz CT molecular complexity index is 1470. The molecule has 0 fully saturated rings. The third-order valence-electron chi connectivity index (χ3n) is 6.52. The van der Waals surface area contributed by atoms with Crippen molar-refractivity contribution >= 4 is 30.2 Å². The number of nitrogens with zero attached hydrogens (tertiary/aromatic N) is 3. The Morgan fingerprint density at radius 3 is 1.94 bits per heavy atom. The fraction of sp³-hybridized carbons (Fsp3) is 0.103. The summed E-state index contributed by atoms with van der Waals surface area (Å²) in [5.74, 6) is 1.47. The molecular formula is C29H24BFN3+. The van der Waals surface area contributed by atoms with Gasteiger partial charge in [0.25, 0.3) is 0 Å². The molecule has 0 N–H and O–H groups in total. The molecule has 0 atom stereocenters. The van der Waals surface area contributed by atoms with Crippen LogP contribution in [0.3, 0.4) is 0 Å². The van der Waals surface area contributed by atoms with Crippen LogP contribution >= 0.6 is 0 Å². The highest BCUT2D eigenvalue weighted by Gasteiger charge is 2.50. The Kier molecular flexibility index (Phi) is 4.91. The van der Waals surface area contributed by atoms with E-state index in [-0.39, 0.29) is 5.92 Å². The third-order valence-corrected chi connectivity index (χ3v) is 6.52. The van der Waals surface area contributed by atoms with Crippen molar-refractivity contribution < 1.29 is 8.80 Å². The van der Waals surface area contributed by atoms with Crippen molar-refractivity contribution in [2.24, 2.45) is 4.99 Å². The van der Waals surface area contributed by atoms with Crippen LogP contribution in [-0.2, 0) is 0 Å². The normalized spacial score (nSPS) is 14.8. The summed E-state index contributed by atoms with van der Waals surface area (Å²) in [7, 11) is -1.40. The number of hydrogen-bond acceptors (Lipinski definition) is 1. The Morgan fingerprint density at radius 2 is 1.35 bits per heavy atom. The van der Waals surface area contributed by atoms with Crippen molar-refractivity contribution in [2.45, 2.75) is 19.8 Å². The molecular weight excluding hydrogens is 420 g/mol. The van der Waals surface area contributed by atoms with Crippen LogP contribution in [0.1, 0.15) is 36.6 Å². The highest BCUT2D eigenvalue weighted by molar-refractivity contribution is 6.51. The van der Waals surface area contributed by atoms with Gasteiger partial charge in [0.15, 0.2) is 0 Å². The van der Waals surface area contributed by atoms with Crippen molar-refractivity contribution in [1.29, 1.82) is 0 Å². The maximum atomic E-state index is 16.7. The quantitative estimate of drug-likeness (QED) is 0.312. The van der Waals surface area contributed by atoms with Gasteiger partial charge in [-0.25, -0.2) is 4.49 Å². The van der Waals surface area contributed by atoms with Crippen LogP contribution < -0.4 is 0 Å². The Balaban J connectivity index is 1.64. The van der Waals surface area contributed by atoms with Crippen molar-refractivity contribution in [3.8, 4) is 11.1 Å². The van der Waals surface area contributed by atoms with Crippen LogP contribution in [0.5, 0.6) is 0 Å². The van der Waals surface area contributed by atoms with Crippen LogP contribution in [-0.4, -0.2) is 27.8 Å². The van der Waals surface area contributed by atoms with Gasteiger partial charge in [-0.2, -0.15) is 0 Å². The summed E-state index contributed by atoms with van der Waals surface area (Å²) < 4.78 is 20.2. The SMILES string of the molecule is CC(C)c1cc(-c2ccccc2)c2n1B(F)[N+]1=C(c3ccccc3)C=C(c3ccccc3)C1=N2. The first-order valence-electron chi connectivity index (χ1n) is 11.7. The zero-order chi connectivity index (χ0) is 23.2. The fourth-order valence-electron chi connectivity index (χ4n) is 4.87. The summed E-state index contributed by atoms with van der Waals surface area (Å²) in [6.07, 6.45) is 2.07. The number of benzene rings is 3. The molecule has 0 amide bonds. The first kappa shape index (κ1) is 20.6. The average Bonchev–Trinajstić information content (AvgIpc) is 3.46. The van der Waals surface area contributed by atoms with Gasteiger partial charge < -0.3 is 0 Å². The predicted molar refractivity (Wildman–Crippen MR) is 139 cm³/mol. The minimum absolute atomic E-state index is 0.149. The molecule has 164 valence electrons. The van der Waals surface area contributed by atoms with Crippen molar-refractivity contribution in [3.05, 3.63) is 120 Å². The molecule has 2 aliphatic heterocycles. The summed E-state index contributed by atoms with van der Waals surface area (Å²) in [6, 6.07) is 32.3. The first-order valence-corrected chi connectivity index (χ1v) is 11.7. The summed E-state index contributed by atoms with van der Waals surface area (Å²) in [5, 5.41) is 0. The second-order valence-corrected chi connectivity index (χ2v) is 8.99. The summed E-state index contributed by atoms with van der Waals surface area (Å²) >= 11 is 0. The van der Waals surface area contributed by atoms with E-state index in [1.807, 2.05) is 66.7 Å². The zero-order valence-electron chi connectivity index (χ0n) is 19.2. The third kappa shape index (κ3) is 3.19. The minimum Gasteiger partial charge on any atom is -0.278 e. The van der Waals surface area contributed by atoms with Crippen LogP contribution in [0.2, 0.25) is 0 Å². The van der Waals surface area contributed by atoms with Crippen molar-refractivity contribution in [3.63, 3.8) is 0 Å². The van der Waals surface area contributed by atoms with Gasteiger partial charge in [0.1, 0.15) is 5.71 Å². The van der Waals surface area contributed by atoms with Gasteiger partial charge in [0.05, 0.1) is 11.1 Å². The van der Waals surface area contributed by atoms with Crippen LogP contribution in [0.4, 0.5) is 10.1 Å². The van der Waals surface area contributed by atoms with E-state index < -0.39 is 7.26 Å². The first-order chi connectivity index (χ1) is 16.6. The Morgan fingerprint density at radius 1 is 0.794 bits per heavy atom.